The molecule has 0 unspecified atom stereocenters. The highest BCUT2D eigenvalue weighted by atomic mass is 19.4. The summed E-state index contributed by atoms with van der Waals surface area (Å²) in [5.74, 6) is -0.567. The van der Waals surface area contributed by atoms with Gasteiger partial charge in [-0.1, -0.05) is 24.3 Å². The zero-order valence-electron chi connectivity index (χ0n) is 9.88. The molecule has 0 radical (unpaired) electrons. The first kappa shape index (κ1) is 14.5. The number of hydrogen-bond acceptors (Lipinski definition) is 2. The molecule has 0 spiro atoms. The normalized spacial score (nSPS) is 11.3. The van der Waals surface area contributed by atoms with Gasteiger partial charge in [-0.25, -0.2) is 0 Å². The molecule has 1 rings (SSSR count). The third-order valence-corrected chi connectivity index (χ3v) is 2.24. The molecule has 0 saturated carbocycles. The third-order valence-electron chi connectivity index (χ3n) is 2.24. The summed E-state index contributed by atoms with van der Waals surface area (Å²) in [5, 5.41) is 2.49. The van der Waals surface area contributed by atoms with E-state index in [1.807, 2.05) is 31.2 Å². The molecule has 0 atom stereocenters. The molecule has 0 aromatic heterocycles. The van der Waals surface area contributed by atoms with Crippen LogP contribution in [0.3, 0.4) is 0 Å². The molecule has 1 aromatic rings. The van der Waals surface area contributed by atoms with E-state index in [1.165, 1.54) is 0 Å². The first-order valence-corrected chi connectivity index (χ1v) is 5.34. The van der Waals surface area contributed by atoms with Gasteiger partial charge in [0.15, 0.2) is 0 Å². The van der Waals surface area contributed by atoms with E-state index in [0.717, 1.165) is 11.1 Å². The van der Waals surface area contributed by atoms with E-state index in [2.05, 4.69) is 10.1 Å². The maximum Gasteiger partial charge on any atom is 0.411 e. The van der Waals surface area contributed by atoms with Gasteiger partial charge >= 0.3 is 6.18 Å². The van der Waals surface area contributed by atoms with Crippen LogP contribution in [-0.4, -0.2) is 25.3 Å². The summed E-state index contributed by atoms with van der Waals surface area (Å²) in [6.45, 7) is 0.165. The summed E-state index contributed by atoms with van der Waals surface area (Å²) in [6.07, 6.45) is -4.41. The summed E-state index contributed by atoms with van der Waals surface area (Å²) < 4.78 is 39.5. The van der Waals surface area contributed by atoms with Gasteiger partial charge in [0, 0.05) is 6.54 Å². The van der Waals surface area contributed by atoms with Crippen molar-refractivity contribution in [2.45, 2.75) is 19.6 Å². The standard InChI is InChI=1S/C12H14F3NO2/c1-9-4-2-3-5-10(9)6-16-11(17)7-18-8-12(13,14)15/h2-5H,6-8H2,1H3,(H,16,17). The molecule has 0 bridgehead atoms. The van der Waals surface area contributed by atoms with E-state index in [0.29, 0.717) is 0 Å². The van der Waals surface area contributed by atoms with Crippen molar-refractivity contribution < 1.29 is 22.7 Å². The fourth-order valence-corrected chi connectivity index (χ4v) is 1.31. The van der Waals surface area contributed by atoms with Crippen LogP contribution in [0, 0.1) is 6.92 Å². The van der Waals surface area contributed by atoms with Gasteiger partial charge in [-0.15, -0.1) is 0 Å². The Bertz CT molecular complexity index is 405. The number of ether oxygens (including phenoxy) is 1. The smallest absolute Gasteiger partial charge is 0.362 e. The minimum Gasteiger partial charge on any atom is -0.362 e. The van der Waals surface area contributed by atoms with E-state index in [9.17, 15) is 18.0 Å². The largest absolute Gasteiger partial charge is 0.411 e. The van der Waals surface area contributed by atoms with Gasteiger partial charge in [-0.3, -0.25) is 4.79 Å². The molecular formula is C12H14F3NO2. The first-order chi connectivity index (χ1) is 8.38. The van der Waals surface area contributed by atoms with Crippen LogP contribution in [0.4, 0.5) is 13.2 Å². The number of aryl methyl sites for hydroxylation is 1. The van der Waals surface area contributed by atoms with Crippen LogP contribution in [0.15, 0.2) is 24.3 Å². The Morgan fingerprint density at radius 1 is 1.33 bits per heavy atom. The second kappa shape index (κ2) is 6.39. The van der Waals surface area contributed by atoms with Crippen LogP contribution in [0.5, 0.6) is 0 Å². The molecule has 1 aromatic carbocycles. The van der Waals surface area contributed by atoms with Crippen LogP contribution >= 0.6 is 0 Å². The van der Waals surface area contributed by atoms with Crippen molar-refractivity contribution in [1.29, 1.82) is 0 Å². The Hall–Kier alpha value is -1.56. The van der Waals surface area contributed by atoms with Crippen LogP contribution in [-0.2, 0) is 16.1 Å². The van der Waals surface area contributed by atoms with Gasteiger partial charge in [0.1, 0.15) is 13.2 Å². The molecular weight excluding hydrogens is 247 g/mol. The summed E-state index contributed by atoms with van der Waals surface area (Å²) >= 11 is 0. The predicted molar refractivity (Wildman–Crippen MR) is 59.9 cm³/mol. The molecule has 100 valence electrons. The second-order valence-corrected chi connectivity index (χ2v) is 3.81. The van der Waals surface area contributed by atoms with Crippen molar-refractivity contribution in [1.82, 2.24) is 5.32 Å². The molecule has 0 fully saturated rings. The number of halogens is 3. The van der Waals surface area contributed by atoms with Crippen molar-refractivity contribution in [3.05, 3.63) is 35.4 Å². The number of carbonyl (C=O) groups excluding carboxylic acids is 1. The average molecular weight is 261 g/mol. The second-order valence-electron chi connectivity index (χ2n) is 3.81. The van der Waals surface area contributed by atoms with Crippen LogP contribution in [0.2, 0.25) is 0 Å². The van der Waals surface area contributed by atoms with Crippen LogP contribution < -0.4 is 5.32 Å². The summed E-state index contributed by atoms with van der Waals surface area (Å²) in [7, 11) is 0. The quantitative estimate of drug-likeness (QED) is 0.882. The van der Waals surface area contributed by atoms with Crippen molar-refractivity contribution >= 4 is 5.91 Å². The van der Waals surface area contributed by atoms with Gasteiger partial charge in [-0.2, -0.15) is 13.2 Å². The lowest BCUT2D eigenvalue weighted by Crippen LogP contribution is -2.29. The first-order valence-electron chi connectivity index (χ1n) is 5.34. The van der Waals surface area contributed by atoms with Crippen molar-refractivity contribution in [3.63, 3.8) is 0 Å². The number of hydrogen-bond donors (Lipinski definition) is 1. The monoisotopic (exact) mass is 261 g/mol. The third kappa shape index (κ3) is 5.67. The van der Waals surface area contributed by atoms with E-state index in [1.54, 1.807) is 0 Å². The minimum absolute atomic E-state index is 0.279. The van der Waals surface area contributed by atoms with Crippen molar-refractivity contribution in [2.24, 2.45) is 0 Å². The number of rotatable bonds is 5. The molecule has 0 aliphatic heterocycles. The fourth-order valence-electron chi connectivity index (χ4n) is 1.31. The highest BCUT2D eigenvalue weighted by Gasteiger charge is 2.27. The van der Waals surface area contributed by atoms with E-state index in [4.69, 9.17) is 0 Å². The van der Waals surface area contributed by atoms with Gasteiger partial charge in [0.25, 0.3) is 0 Å². The number of alkyl halides is 3. The molecule has 0 aliphatic carbocycles. The molecule has 0 saturated heterocycles. The topological polar surface area (TPSA) is 38.3 Å². The molecule has 3 nitrogen and oxygen atoms in total. The number of carbonyl (C=O) groups is 1. The predicted octanol–water partition coefficient (Wildman–Crippen LogP) is 2.19. The van der Waals surface area contributed by atoms with Gasteiger partial charge in [0.2, 0.25) is 5.91 Å². The molecule has 1 N–H and O–H groups in total. The van der Waals surface area contributed by atoms with E-state index in [-0.39, 0.29) is 6.54 Å². The van der Waals surface area contributed by atoms with Gasteiger partial charge in [0.05, 0.1) is 0 Å². The van der Waals surface area contributed by atoms with Gasteiger partial charge in [-0.05, 0) is 18.1 Å². The van der Waals surface area contributed by atoms with E-state index < -0.39 is 25.3 Å². The van der Waals surface area contributed by atoms with Gasteiger partial charge < -0.3 is 10.1 Å². The van der Waals surface area contributed by atoms with Crippen molar-refractivity contribution in [2.75, 3.05) is 13.2 Å². The average Bonchev–Trinajstić information content (AvgIpc) is 2.26. The Morgan fingerprint density at radius 2 is 2.00 bits per heavy atom. The lowest BCUT2D eigenvalue weighted by Gasteiger charge is -2.09. The highest BCUT2D eigenvalue weighted by molar-refractivity contribution is 5.77. The van der Waals surface area contributed by atoms with Crippen molar-refractivity contribution in [3.8, 4) is 0 Å². The minimum atomic E-state index is -4.41. The van der Waals surface area contributed by atoms with Crippen LogP contribution in [0.25, 0.3) is 0 Å². The molecule has 18 heavy (non-hydrogen) atoms. The maximum absolute atomic E-state index is 11.8. The zero-order chi connectivity index (χ0) is 13.6. The fraction of sp³-hybridized carbons (Fsp3) is 0.417. The number of nitrogens with one attached hydrogen (secondary N) is 1. The number of benzene rings is 1. The Kier molecular flexibility index (Phi) is 5.15. The zero-order valence-corrected chi connectivity index (χ0v) is 9.88. The van der Waals surface area contributed by atoms with E-state index >= 15 is 0 Å². The molecule has 1 amide bonds. The lowest BCUT2D eigenvalue weighted by molar-refractivity contribution is -0.175. The molecule has 0 aliphatic rings. The Balaban J connectivity index is 2.28. The summed E-state index contributed by atoms with van der Waals surface area (Å²) in [5.41, 5.74) is 1.93. The number of amides is 1. The van der Waals surface area contributed by atoms with Crippen LogP contribution in [0.1, 0.15) is 11.1 Å². The highest BCUT2D eigenvalue weighted by Crippen LogP contribution is 2.14. The summed E-state index contributed by atoms with van der Waals surface area (Å²) in [6, 6.07) is 7.43. The summed E-state index contributed by atoms with van der Waals surface area (Å²) in [4.78, 5) is 11.2. The molecule has 0 heterocycles. The lowest BCUT2D eigenvalue weighted by atomic mass is 10.1. The SMILES string of the molecule is Cc1ccccc1CNC(=O)COCC(F)(F)F. The maximum atomic E-state index is 11.8. The Morgan fingerprint density at radius 3 is 2.61 bits per heavy atom. The Labute approximate surface area is 103 Å². The molecule has 6 heteroatoms.